The summed E-state index contributed by atoms with van der Waals surface area (Å²) in [6.07, 6.45) is 5.02. The van der Waals surface area contributed by atoms with Crippen LogP contribution in [-0.4, -0.2) is 37.0 Å². The zero-order valence-electron chi connectivity index (χ0n) is 9.38. The fourth-order valence-corrected chi connectivity index (χ4v) is 1.79. The van der Waals surface area contributed by atoms with E-state index in [0.717, 1.165) is 38.8 Å². The molecule has 3 nitrogen and oxygen atoms in total. The number of amides is 1. The highest BCUT2D eigenvalue weighted by molar-refractivity contribution is 5.76. The maximum atomic E-state index is 11.4. The molecule has 14 heavy (non-hydrogen) atoms. The summed E-state index contributed by atoms with van der Waals surface area (Å²) in [4.78, 5) is 13.7. The highest BCUT2D eigenvalue weighted by Gasteiger charge is 2.17. The summed E-state index contributed by atoms with van der Waals surface area (Å²) in [7, 11) is 2.13. The summed E-state index contributed by atoms with van der Waals surface area (Å²) in [5.74, 6) is 0.237. The molecular formula is C11H22N2O. The van der Waals surface area contributed by atoms with Crippen molar-refractivity contribution in [3.63, 3.8) is 0 Å². The van der Waals surface area contributed by atoms with Crippen molar-refractivity contribution in [3.8, 4) is 0 Å². The minimum absolute atomic E-state index is 0.237. The van der Waals surface area contributed by atoms with Crippen LogP contribution < -0.4 is 5.32 Å². The molecule has 0 spiro atoms. The van der Waals surface area contributed by atoms with Gasteiger partial charge in [0.15, 0.2) is 0 Å². The molecule has 0 saturated carbocycles. The van der Waals surface area contributed by atoms with Gasteiger partial charge >= 0.3 is 0 Å². The predicted octanol–water partition coefficient (Wildman–Crippen LogP) is 1.39. The first-order valence-corrected chi connectivity index (χ1v) is 5.70. The van der Waals surface area contributed by atoms with E-state index in [0.29, 0.717) is 12.5 Å². The fraction of sp³-hybridized carbons (Fsp3) is 0.909. The molecule has 0 unspecified atom stereocenters. The number of carbonyl (C=O) groups is 1. The van der Waals surface area contributed by atoms with Gasteiger partial charge < -0.3 is 10.2 Å². The summed E-state index contributed by atoms with van der Waals surface area (Å²) in [5.41, 5.74) is 0. The molecule has 1 heterocycles. The van der Waals surface area contributed by atoms with Crippen molar-refractivity contribution >= 4 is 5.91 Å². The number of carbonyl (C=O) groups excluding carboxylic acids is 1. The Morgan fingerprint density at radius 1 is 1.43 bits per heavy atom. The third-order valence-electron chi connectivity index (χ3n) is 2.84. The van der Waals surface area contributed by atoms with E-state index in [2.05, 4.69) is 24.2 Å². The quantitative estimate of drug-likeness (QED) is 0.740. The van der Waals surface area contributed by atoms with E-state index in [1.165, 1.54) is 0 Å². The van der Waals surface area contributed by atoms with Crippen LogP contribution in [0.5, 0.6) is 0 Å². The maximum absolute atomic E-state index is 11.4. The molecule has 0 bridgehead atoms. The van der Waals surface area contributed by atoms with Gasteiger partial charge in [0.25, 0.3) is 0 Å². The van der Waals surface area contributed by atoms with Crippen molar-refractivity contribution < 1.29 is 4.79 Å². The van der Waals surface area contributed by atoms with E-state index in [9.17, 15) is 4.79 Å². The van der Waals surface area contributed by atoms with Gasteiger partial charge in [-0.3, -0.25) is 4.79 Å². The van der Waals surface area contributed by atoms with Crippen LogP contribution in [0.2, 0.25) is 0 Å². The first-order valence-electron chi connectivity index (χ1n) is 5.70. The van der Waals surface area contributed by atoms with Crippen molar-refractivity contribution in [1.82, 2.24) is 10.2 Å². The van der Waals surface area contributed by atoms with Gasteiger partial charge in [0, 0.05) is 12.5 Å². The average Bonchev–Trinajstić information content (AvgIpc) is 2.18. The summed E-state index contributed by atoms with van der Waals surface area (Å²) in [6.45, 7) is 4.33. The van der Waals surface area contributed by atoms with Crippen LogP contribution in [0.4, 0.5) is 0 Å². The molecule has 1 fully saturated rings. The van der Waals surface area contributed by atoms with Crippen LogP contribution in [0.25, 0.3) is 0 Å². The lowest BCUT2D eigenvalue weighted by Gasteiger charge is -2.29. The van der Waals surface area contributed by atoms with E-state index >= 15 is 0 Å². The Balaban J connectivity index is 2.14. The lowest BCUT2D eigenvalue weighted by molar-refractivity contribution is -0.122. The molecule has 1 N–H and O–H groups in total. The van der Waals surface area contributed by atoms with Crippen molar-refractivity contribution in [3.05, 3.63) is 0 Å². The molecule has 0 aliphatic carbocycles. The average molecular weight is 198 g/mol. The van der Waals surface area contributed by atoms with Gasteiger partial charge in [0.05, 0.1) is 0 Å². The minimum Gasteiger partial charge on any atom is -0.353 e. The summed E-state index contributed by atoms with van der Waals surface area (Å²) >= 11 is 0. The normalized spacial score (nSPS) is 19.6. The highest BCUT2D eigenvalue weighted by Crippen LogP contribution is 2.08. The number of nitrogens with one attached hydrogen (secondary N) is 1. The van der Waals surface area contributed by atoms with E-state index in [-0.39, 0.29) is 5.91 Å². The molecule has 0 aromatic heterocycles. The van der Waals surface area contributed by atoms with Gasteiger partial charge in [-0.2, -0.15) is 0 Å². The zero-order valence-corrected chi connectivity index (χ0v) is 9.38. The SMILES string of the molecule is CCCCC(=O)NC1CCN(C)CC1. The Bertz CT molecular complexity index is 174. The molecule has 82 valence electrons. The third-order valence-corrected chi connectivity index (χ3v) is 2.84. The number of piperidine rings is 1. The van der Waals surface area contributed by atoms with Crippen LogP contribution in [0.1, 0.15) is 39.0 Å². The van der Waals surface area contributed by atoms with Crippen LogP contribution in [0.15, 0.2) is 0 Å². The monoisotopic (exact) mass is 198 g/mol. The Morgan fingerprint density at radius 3 is 2.64 bits per heavy atom. The first-order chi connectivity index (χ1) is 6.72. The zero-order chi connectivity index (χ0) is 10.4. The number of likely N-dealkylation sites (tertiary alicyclic amines) is 1. The van der Waals surface area contributed by atoms with Crippen LogP contribution in [0.3, 0.4) is 0 Å². The number of hydrogen-bond donors (Lipinski definition) is 1. The summed E-state index contributed by atoms with van der Waals surface area (Å²) in [6, 6.07) is 0.426. The summed E-state index contributed by atoms with van der Waals surface area (Å²) in [5, 5.41) is 3.11. The number of hydrogen-bond acceptors (Lipinski definition) is 2. The van der Waals surface area contributed by atoms with Gasteiger partial charge in [-0.1, -0.05) is 13.3 Å². The Hall–Kier alpha value is -0.570. The van der Waals surface area contributed by atoms with Gasteiger partial charge in [0.1, 0.15) is 0 Å². The lowest BCUT2D eigenvalue weighted by atomic mass is 10.1. The van der Waals surface area contributed by atoms with Gasteiger partial charge in [-0.15, -0.1) is 0 Å². The smallest absolute Gasteiger partial charge is 0.220 e. The molecule has 1 aliphatic rings. The lowest BCUT2D eigenvalue weighted by Crippen LogP contribution is -2.43. The molecule has 1 aliphatic heterocycles. The Kier molecular flexibility index (Phi) is 4.94. The van der Waals surface area contributed by atoms with Crippen molar-refractivity contribution in [2.24, 2.45) is 0 Å². The molecule has 0 atom stereocenters. The number of unbranched alkanes of at least 4 members (excludes halogenated alkanes) is 1. The summed E-state index contributed by atoms with van der Waals surface area (Å²) < 4.78 is 0. The molecule has 1 rings (SSSR count). The van der Waals surface area contributed by atoms with Crippen LogP contribution >= 0.6 is 0 Å². The fourth-order valence-electron chi connectivity index (χ4n) is 1.79. The van der Waals surface area contributed by atoms with Crippen molar-refractivity contribution in [2.45, 2.75) is 45.1 Å². The standard InChI is InChI=1S/C11H22N2O/c1-3-4-5-11(14)12-10-6-8-13(2)9-7-10/h10H,3-9H2,1-2H3,(H,12,14). The van der Waals surface area contributed by atoms with Gasteiger partial charge in [-0.25, -0.2) is 0 Å². The second-order valence-corrected chi connectivity index (χ2v) is 4.25. The molecule has 0 aromatic rings. The first kappa shape index (κ1) is 11.5. The number of nitrogens with zero attached hydrogens (tertiary/aromatic N) is 1. The predicted molar refractivity (Wildman–Crippen MR) is 58.2 cm³/mol. The molecule has 3 heteroatoms. The Morgan fingerprint density at radius 2 is 2.07 bits per heavy atom. The molecule has 0 radical (unpaired) electrons. The van der Waals surface area contributed by atoms with Crippen molar-refractivity contribution in [2.75, 3.05) is 20.1 Å². The van der Waals surface area contributed by atoms with Gasteiger partial charge in [0.2, 0.25) is 5.91 Å². The van der Waals surface area contributed by atoms with Crippen LogP contribution in [0, 0.1) is 0 Å². The minimum atomic E-state index is 0.237. The highest BCUT2D eigenvalue weighted by atomic mass is 16.1. The van der Waals surface area contributed by atoms with E-state index in [4.69, 9.17) is 0 Å². The second kappa shape index (κ2) is 6.02. The van der Waals surface area contributed by atoms with Crippen LogP contribution in [-0.2, 0) is 4.79 Å². The number of rotatable bonds is 4. The van der Waals surface area contributed by atoms with E-state index in [1.807, 2.05) is 0 Å². The van der Waals surface area contributed by atoms with E-state index < -0.39 is 0 Å². The Labute approximate surface area is 86.9 Å². The molecule has 1 amide bonds. The van der Waals surface area contributed by atoms with Crippen molar-refractivity contribution in [1.29, 1.82) is 0 Å². The van der Waals surface area contributed by atoms with Gasteiger partial charge in [-0.05, 0) is 39.4 Å². The molecular weight excluding hydrogens is 176 g/mol. The maximum Gasteiger partial charge on any atom is 0.220 e. The molecule has 1 saturated heterocycles. The molecule has 0 aromatic carbocycles. The largest absolute Gasteiger partial charge is 0.353 e. The second-order valence-electron chi connectivity index (χ2n) is 4.25. The third kappa shape index (κ3) is 4.09. The topological polar surface area (TPSA) is 32.3 Å². The van der Waals surface area contributed by atoms with E-state index in [1.54, 1.807) is 0 Å².